The summed E-state index contributed by atoms with van der Waals surface area (Å²) in [5.41, 5.74) is 1.24. The van der Waals surface area contributed by atoms with E-state index in [1.807, 2.05) is 19.1 Å². The minimum atomic E-state index is -3.68. The molecule has 6 heteroatoms. The molecule has 2 aromatic carbocycles. The lowest BCUT2D eigenvalue weighted by Gasteiger charge is -2.14. The summed E-state index contributed by atoms with van der Waals surface area (Å²) in [5.74, 6) is 0.487. The van der Waals surface area contributed by atoms with E-state index in [4.69, 9.17) is 4.74 Å². The smallest absolute Gasteiger partial charge is 0.263 e. The van der Waals surface area contributed by atoms with Crippen LogP contribution in [0.4, 0.5) is 5.69 Å². The maximum atomic E-state index is 12.4. The first-order valence-electron chi connectivity index (χ1n) is 5.86. The van der Waals surface area contributed by atoms with Crippen LogP contribution in [0.5, 0.6) is 5.75 Å². The molecule has 0 heterocycles. The molecule has 0 saturated carbocycles. The van der Waals surface area contributed by atoms with E-state index in [9.17, 15) is 8.42 Å². The fourth-order valence-electron chi connectivity index (χ4n) is 1.79. The predicted octanol–water partition coefficient (Wildman–Crippen LogP) is 3.57. The molecule has 4 nitrogen and oxygen atoms in total. The molecule has 106 valence electrons. The van der Waals surface area contributed by atoms with Crippen LogP contribution < -0.4 is 9.46 Å². The zero-order chi connectivity index (χ0) is 14.8. The number of benzene rings is 2. The molecule has 2 aromatic rings. The van der Waals surface area contributed by atoms with Gasteiger partial charge in [-0.25, -0.2) is 8.42 Å². The lowest BCUT2D eigenvalue weighted by molar-refractivity contribution is 0.416. The molecule has 0 fully saturated rings. The topological polar surface area (TPSA) is 55.4 Å². The number of ether oxygens (including phenoxy) is 1. The van der Waals surface area contributed by atoms with Crippen molar-refractivity contribution in [2.45, 2.75) is 11.8 Å². The number of methoxy groups -OCH3 is 1. The average molecular weight is 356 g/mol. The minimum Gasteiger partial charge on any atom is -0.495 e. The number of sulfonamides is 1. The molecule has 0 amide bonds. The van der Waals surface area contributed by atoms with Gasteiger partial charge in [0, 0.05) is 4.47 Å². The molecule has 0 aromatic heterocycles. The Labute approximate surface area is 127 Å². The van der Waals surface area contributed by atoms with Crippen molar-refractivity contribution in [3.8, 4) is 5.75 Å². The summed E-state index contributed by atoms with van der Waals surface area (Å²) in [6.07, 6.45) is 0. The zero-order valence-corrected chi connectivity index (χ0v) is 13.5. The van der Waals surface area contributed by atoms with E-state index in [1.165, 1.54) is 13.2 Å². The van der Waals surface area contributed by atoms with Crippen LogP contribution >= 0.6 is 15.9 Å². The second kappa shape index (κ2) is 5.85. The van der Waals surface area contributed by atoms with Crippen molar-refractivity contribution in [3.05, 3.63) is 52.5 Å². The van der Waals surface area contributed by atoms with Gasteiger partial charge in [0.25, 0.3) is 10.0 Å². The maximum absolute atomic E-state index is 12.4. The van der Waals surface area contributed by atoms with Crippen molar-refractivity contribution >= 4 is 31.6 Å². The van der Waals surface area contributed by atoms with Crippen molar-refractivity contribution in [1.82, 2.24) is 0 Å². The van der Waals surface area contributed by atoms with Gasteiger partial charge in [-0.05, 0) is 46.6 Å². The van der Waals surface area contributed by atoms with Crippen LogP contribution in [0.2, 0.25) is 0 Å². The minimum absolute atomic E-state index is 0.185. The molecule has 20 heavy (non-hydrogen) atoms. The highest BCUT2D eigenvalue weighted by atomic mass is 79.9. The third kappa shape index (κ3) is 2.96. The van der Waals surface area contributed by atoms with E-state index in [0.717, 1.165) is 5.56 Å². The molecule has 1 N–H and O–H groups in total. The van der Waals surface area contributed by atoms with Crippen LogP contribution in [-0.2, 0) is 10.0 Å². The largest absolute Gasteiger partial charge is 0.495 e. The third-order valence-corrected chi connectivity index (χ3v) is 5.18. The van der Waals surface area contributed by atoms with Gasteiger partial charge >= 0.3 is 0 Å². The molecule has 2 rings (SSSR count). The van der Waals surface area contributed by atoms with E-state index in [1.54, 1.807) is 24.3 Å². The standard InChI is InChI=1S/C14H14BrNO3S/c1-10-6-5-8-12(19-2)14(10)16-20(17,18)13-9-4-3-7-11(13)15/h3-9,16H,1-2H3. The van der Waals surface area contributed by atoms with Gasteiger partial charge in [-0.15, -0.1) is 0 Å². The molecule has 0 unspecified atom stereocenters. The van der Waals surface area contributed by atoms with E-state index >= 15 is 0 Å². The first-order valence-corrected chi connectivity index (χ1v) is 8.14. The summed E-state index contributed by atoms with van der Waals surface area (Å²) in [6.45, 7) is 1.82. The SMILES string of the molecule is COc1cccc(C)c1NS(=O)(=O)c1ccccc1Br. The Morgan fingerprint density at radius 2 is 1.80 bits per heavy atom. The summed E-state index contributed by atoms with van der Waals surface area (Å²) in [4.78, 5) is 0.185. The Hall–Kier alpha value is -1.53. The Morgan fingerprint density at radius 1 is 1.10 bits per heavy atom. The van der Waals surface area contributed by atoms with Gasteiger partial charge in [0.1, 0.15) is 10.6 Å². The van der Waals surface area contributed by atoms with Crippen LogP contribution in [-0.4, -0.2) is 15.5 Å². The van der Waals surface area contributed by atoms with Crippen LogP contribution in [0, 0.1) is 6.92 Å². The molecule has 0 bridgehead atoms. The fraction of sp³-hybridized carbons (Fsp3) is 0.143. The van der Waals surface area contributed by atoms with Crippen molar-refractivity contribution in [2.75, 3.05) is 11.8 Å². The van der Waals surface area contributed by atoms with E-state index < -0.39 is 10.0 Å². The Balaban J connectivity index is 2.47. The van der Waals surface area contributed by atoms with Crippen molar-refractivity contribution in [2.24, 2.45) is 0 Å². The Kier molecular flexibility index (Phi) is 4.35. The second-order valence-electron chi connectivity index (χ2n) is 4.19. The summed E-state index contributed by atoms with van der Waals surface area (Å²) >= 11 is 3.25. The molecular formula is C14H14BrNO3S. The number of hydrogen-bond acceptors (Lipinski definition) is 3. The van der Waals surface area contributed by atoms with Gasteiger partial charge in [-0.1, -0.05) is 24.3 Å². The molecule has 0 aliphatic rings. The molecule has 0 aliphatic heterocycles. The number of nitrogens with one attached hydrogen (secondary N) is 1. The highest BCUT2D eigenvalue weighted by Crippen LogP contribution is 2.31. The van der Waals surface area contributed by atoms with Crippen LogP contribution in [0.25, 0.3) is 0 Å². The Morgan fingerprint density at radius 3 is 2.45 bits per heavy atom. The van der Waals surface area contributed by atoms with Crippen LogP contribution in [0.15, 0.2) is 51.8 Å². The normalized spacial score (nSPS) is 11.2. The van der Waals surface area contributed by atoms with Crippen molar-refractivity contribution in [1.29, 1.82) is 0 Å². The number of anilines is 1. The fourth-order valence-corrected chi connectivity index (χ4v) is 3.94. The summed E-state index contributed by atoms with van der Waals surface area (Å²) in [5, 5.41) is 0. The zero-order valence-electron chi connectivity index (χ0n) is 11.1. The summed E-state index contributed by atoms with van der Waals surface area (Å²) < 4.78 is 33.2. The molecule has 0 radical (unpaired) electrons. The van der Waals surface area contributed by atoms with E-state index in [2.05, 4.69) is 20.7 Å². The number of hydrogen-bond donors (Lipinski definition) is 1. The first kappa shape index (κ1) is 14.9. The van der Waals surface area contributed by atoms with E-state index in [0.29, 0.717) is 15.9 Å². The lowest BCUT2D eigenvalue weighted by atomic mass is 10.2. The van der Waals surface area contributed by atoms with Gasteiger partial charge in [0.15, 0.2) is 0 Å². The molecule has 0 aliphatic carbocycles. The number of para-hydroxylation sites is 1. The van der Waals surface area contributed by atoms with Gasteiger partial charge in [-0.2, -0.15) is 0 Å². The highest BCUT2D eigenvalue weighted by molar-refractivity contribution is 9.10. The predicted molar refractivity (Wildman–Crippen MR) is 82.7 cm³/mol. The van der Waals surface area contributed by atoms with Gasteiger partial charge in [0.2, 0.25) is 0 Å². The maximum Gasteiger partial charge on any atom is 0.263 e. The first-order chi connectivity index (χ1) is 9.45. The lowest BCUT2D eigenvalue weighted by Crippen LogP contribution is -2.15. The molecule has 0 atom stereocenters. The Bertz CT molecular complexity index is 729. The monoisotopic (exact) mass is 355 g/mol. The van der Waals surface area contributed by atoms with Gasteiger partial charge < -0.3 is 4.74 Å². The van der Waals surface area contributed by atoms with Crippen molar-refractivity contribution < 1.29 is 13.2 Å². The average Bonchev–Trinajstić information content (AvgIpc) is 2.41. The molecule has 0 saturated heterocycles. The quantitative estimate of drug-likeness (QED) is 0.911. The summed E-state index contributed by atoms with van der Waals surface area (Å²) in [7, 11) is -2.17. The number of aryl methyl sites for hydroxylation is 1. The number of halogens is 1. The van der Waals surface area contributed by atoms with Gasteiger partial charge in [0.05, 0.1) is 12.8 Å². The third-order valence-electron chi connectivity index (χ3n) is 2.82. The second-order valence-corrected chi connectivity index (χ2v) is 6.69. The molecular weight excluding hydrogens is 342 g/mol. The van der Waals surface area contributed by atoms with Crippen LogP contribution in [0.3, 0.4) is 0 Å². The van der Waals surface area contributed by atoms with Gasteiger partial charge in [-0.3, -0.25) is 4.72 Å². The number of rotatable bonds is 4. The summed E-state index contributed by atoms with van der Waals surface area (Å²) in [6, 6.07) is 12.0. The van der Waals surface area contributed by atoms with Crippen LogP contribution in [0.1, 0.15) is 5.56 Å². The molecule has 0 spiro atoms. The van der Waals surface area contributed by atoms with Crippen molar-refractivity contribution in [3.63, 3.8) is 0 Å². The highest BCUT2D eigenvalue weighted by Gasteiger charge is 2.20. The van der Waals surface area contributed by atoms with E-state index in [-0.39, 0.29) is 4.90 Å².